The second-order valence-corrected chi connectivity index (χ2v) is 9.89. The molecule has 2 heterocycles. The van der Waals surface area contributed by atoms with Crippen LogP contribution in [0.5, 0.6) is 0 Å². The van der Waals surface area contributed by atoms with Gasteiger partial charge >= 0.3 is 5.97 Å². The lowest BCUT2D eigenvalue weighted by molar-refractivity contribution is -0.149. The van der Waals surface area contributed by atoms with E-state index in [-0.39, 0.29) is 19.0 Å². The van der Waals surface area contributed by atoms with Crippen LogP contribution in [0.3, 0.4) is 0 Å². The fourth-order valence-corrected chi connectivity index (χ4v) is 4.78. The van der Waals surface area contributed by atoms with Crippen molar-refractivity contribution in [3.8, 4) is 0 Å². The van der Waals surface area contributed by atoms with Crippen molar-refractivity contribution in [3.05, 3.63) is 71.9 Å². The molecule has 35 heavy (non-hydrogen) atoms. The molecule has 0 aliphatic carbocycles. The van der Waals surface area contributed by atoms with E-state index >= 15 is 0 Å². The van der Waals surface area contributed by atoms with Crippen LogP contribution < -0.4 is 11.1 Å². The van der Waals surface area contributed by atoms with Crippen molar-refractivity contribution in [2.45, 2.75) is 50.1 Å². The molecule has 0 saturated carbocycles. The summed E-state index contributed by atoms with van der Waals surface area (Å²) in [7, 11) is 0. The average Bonchev–Trinajstić information content (AvgIpc) is 3.26. The fraction of sp³-hybridized carbons (Fsp3) is 0.370. The Labute approximate surface area is 204 Å². The van der Waals surface area contributed by atoms with Gasteiger partial charge in [-0.05, 0) is 43.9 Å². The minimum Gasteiger partial charge on any atom is -0.481 e. The summed E-state index contributed by atoms with van der Waals surface area (Å²) < 4.78 is 0. The number of carboxylic acid groups (broad SMARTS) is 1. The molecule has 0 spiro atoms. The van der Waals surface area contributed by atoms with E-state index in [2.05, 4.69) is 10.3 Å². The first-order valence-corrected chi connectivity index (χ1v) is 11.8. The highest BCUT2D eigenvalue weighted by molar-refractivity contribution is 5.93. The van der Waals surface area contributed by atoms with Crippen LogP contribution in [0.2, 0.25) is 0 Å². The molecule has 4 rings (SSSR count). The highest BCUT2D eigenvalue weighted by atomic mass is 16.4. The Morgan fingerprint density at radius 1 is 1.09 bits per heavy atom. The predicted molar refractivity (Wildman–Crippen MR) is 134 cm³/mol. The number of aromatic nitrogens is 1. The van der Waals surface area contributed by atoms with E-state index < -0.39 is 28.9 Å². The zero-order chi connectivity index (χ0) is 25.2. The summed E-state index contributed by atoms with van der Waals surface area (Å²) in [6.45, 7) is 3.76. The monoisotopic (exact) mass is 476 g/mol. The van der Waals surface area contributed by atoms with Gasteiger partial charge in [0.15, 0.2) is 0 Å². The maximum Gasteiger partial charge on any atom is 0.314 e. The molecule has 1 atom stereocenters. The number of carbonyl (C=O) groups is 3. The van der Waals surface area contributed by atoms with Crippen molar-refractivity contribution in [1.29, 1.82) is 0 Å². The van der Waals surface area contributed by atoms with Gasteiger partial charge in [0.25, 0.3) is 0 Å². The van der Waals surface area contributed by atoms with Crippen molar-refractivity contribution in [1.82, 2.24) is 15.2 Å². The van der Waals surface area contributed by atoms with Gasteiger partial charge in [-0.15, -0.1) is 0 Å². The standard InChI is InChI=1S/C27H32N4O4/c1-26(2,28)24(33)30-22(16-18-17-29-21-11-7-6-10-20(18)21)23(32)31-14-12-27(13-15-31,25(34)35)19-8-4-3-5-9-19/h3-11,17,22,29H,12-16,28H2,1-2H3,(H,30,33)(H,34,35)/t22-/m1/s1. The van der Waals surface area contributed by atoms with Gasteiger partial charge in [-0.1, -0.05) is 48.5 Å². The van der Waals surface area contributed by atoms with Gasteiger partial charge in [-0.2, -0.15) is 0 Å². The van der Waals surface area contributed by atoms with Crippen LogP contribution in [0.15, 0.2) is 60.8 Å². The number of nitrogens with zero attached hydrogens (tertiary/aromatic N) is 1. The van der Waals surface area contributed by atoms with E-state index in [1.807, 2.05) is 60.8 Å². The number of nitrogens with one attached hydrogen (secondary N) is 2. The minimum absolute atomic E-state index is 0.236. The number of piperidine rings is 1. The molecule has 184 valence electrons. The van der Waals surface area contributed by atoms with Crippen LogP contribution in [-0.4, -0.2) is 57.4 Å². The molecule has 2 amide bonds. The number of hydrogen-bond donors (Lipinski definition) is 4. The molecule has 0 radical (unpaired) electrons. The smallest absolute Gasteiger partial charge is 0.314 e. The Morgan fingerprint density at radius 3 is 2.34 bits per heavy atom. The number of benzene rings is 2. The van der Waals surface area contributed by atoms with E-state index in [0.717, 1.165) is 22.0 Å². The zero-order valence-corrected chi connectivity index (χ0v) is 20.1. The molecule has 5 N–H and O–H groups in total. The van der Waals surface area contributed by atoms with Crippen LogP contribution in [0.4, 0.5) is 0 Å². The predicted octanol–water partition coefficient (Wildman–Crippen LogP) is 2.58. The number of nitrogens with two attached hydrogens (primary N) is 1. The van der Waals surface area contributed by atoms with Gasteiger partial charge in [0.1, 0.15) is 6.04 Å². The number of amides is 2. The third kappa shape index (κ3) is 4.93. The molecule has 8 heteroatoms. The van der Waals surface area contributed by atoms with Crippen molar-refractivity contribution >= 4 is 28.7 Å². The highest BCUT2D eigenvalue weighted by Crippen LogP contribution is 2.36. The molecule has 0 bridgehead atoms. The summed E-state index contributed by atoms with van der Waals surface area (Å²) in [6.07, 6.45) is 2.75. The number of carbonyl (C=O) groups excluding carboxylic acids is 2. The lowest BCUT2D eigenvalue weighted by atomic mass is 9.72. The van der Waals surface area contributed by atoms with Crippen LogP contribution in [0.25, 0.3) is 10.9 Å². The van der Waals surface area contributed by atoms with E-state index in [1.165, 1.54) is 0 Å². The summed E-state index contributed by atoms with van der Waals surface area (Å²) in [5.74, 6) is -1.54. The number of aromatic amines is 1. The third-order valence-corrected chi connectivity index (χ3v) is 6.95. The molecule has 1 aliphatic heterocycles. The molecule has 1 fully saturated rings. The number of likely N-dealkylation sites (tertiary alicyclic amines) is 1. The second-order valence-electron chi connectivity index (χ2n) is 9.89. The summed E-state index contributed by atoms with van der Waals surface area (Å²) in [6, 6.07) is 16.1. The lowest BCUT2D eigenvalue weighted by Crippen LogP contribution is -2.58. The number of carboxylic acids is 1. The van der Waals surface area contributed by atoms with Crippen LogP contribution in [-0.2, 0) is 26.2 Å². The second kappa shape index (κ2) is 9.54. The van der Waals surface area contributed by atoms with Gasteiger partial charge in [-0.3, -0.25) is 14.4 Å². The van der Waals surface area contributed by atoms with Crippen LogP contribution in [0, 0.1) is 0 Å². The van der Waals surface area contributed by atoms with Gasteiger partial charge in [-0.25, -0.2) is 0 Å². The van der Waals surface area contributed by atoms with Gasteiger partial charge in [0.2, 0.25) is 11.8 Å². The van der Waals surface area contributed by atoms with Crippen LogP contribution in [0.1, 0.15) is 37.8 Å². The molecule has 1 aliphatic rings. The van der Waals surface area contributed by atoms with E-state index in [9.17, 15) is 19.5 Å². The number of para-hydroxylation sites is 1. The molecule has 1 aromatic heterocycles. The Balaban J connectivity index is 1.56. The average molecular weight is 477 g/mol. The Bertz CT molecular complexity index is 1220. The quantitative estimate of drug-likeness (QED) is 0.417. The molecule has 0 unspecified atom stereocenters. The third-order valence-electron chi connectivity index (χ3n) is 6.95. The molecular formula is C27H32N4O4. The lowest BCUT2D eigenvalue weighted by Gasteiger charge is -2.40. The topological polar surface area (TPSA) is 129 Å². The number of hydrogen-bond acceptors (Lipinski definition) is 4. The van der Waals surface area contributed by atoms with E-state index in [1.54, 1.807) is 18.7 Å². The van der Waals surface area contributed by atoms with Crippen LogP contribution >= 0.6 is 0 Å². The summed E-state index contributed by atoms with van der Waals surface area (Å²) >= 11 is 0. The minimum atomic E-state index is -1.15. The SMILES string of the molecule is CC(C)(N)C(=O)N[C@H](Cc1c[nH]c2ccccc12)C(=O)N1CCC(C(=O)O)(c2ccccc2)CC1. The molecule has 1 saturated heterocycles. The Morgan fingerprint density at radius 2 is 1.71 bits per heavy atom. The summed E-state index contributed by atoms with van der Waals surface area (Å²) in [4.78, 5) is 43.6. The van der Waals surface area contributed by atoms with Gasteiger partial charge in [0.05, 0.1) is 11.0 Å². The zero-order valence-electron chi connectivity index (χ0n) is 20.1. The fourth-order valence-electron chi connectivity index (χ4n) is 4.78. The molecule has 3 aromatic rings. The van der Waals surface area contributed by atoms with Gasteiger partial charge in [0, 0.05) is 36.6 Å². The Kier molecular flexibility index (Phi) is 6.67. The first kappa shape index (κ1) is 24.5. The largest absolute Gasteiger partial charge is 0.481 e. The first-order valence-electron chi connectivity index (χ1n) is 11.8. The van der Waals surface area contributed by atoms with Crippen molar-refractivity contribution < 1.29 is 19.5 Å². The normalized spacial score (nSPS) is 16.6. The van der Waals surface area contributed by atoms with Gasteiger partial charge < -0.3 is 26.0 Å². The molecular weight excluding hydrogens is 444 g/mol. The maximum atomic E-state index is 13.7. The number of aliphatic carboxylic acids is 1. The first-order chi connectivity index (χ1) is 16.6. The number of fused-ring (bicyclic) bond motifs is 1. The van der Waals surface area contributed by atoms with E-state index in [0.29, 0.717) is 19.3 Å². The summed E-state index contributed by atoms with van der Waals surface area (Å²) in [5, 5.41) is 13.9. The molecule has 8 nitrogen and oxygen atoms in total. The van der Waals surface area contributed by atoms with Crippen molar-refractivity contribution in [2.75, 3.05) is 13.1 Å². The molecule has 2 aromatic carbocycles. The van der Waals surface area contributed by atoms with Crippen molar-refractivity contribution in [2.24, 2.45) is 5.73 Å². The van der Waals surface area contributed by atoms with Crippen molar-refractivity contribution in [3.63, 3.8) is 0 Å². The van der Waals surface area contributed by atoms with E-state index in [4.69, 9.17) is 5.73 Å². The number of H-pyrrole nitrogens is 1. The highest BCUT2D eigenvalue weighted by Gasteiger charge is 2.44. The number of rotatable bonds is 7. The Hall–Kier alpha value is -3.65. The summed E-state index contributed by atoms with van der Waals surface area (Å²) in [5.41, 5.74) is 6.42. The maximum absolute atomic E-state index is 13.7.